The lowest BCUT2D eigenvalue weighted by Crippen LogP contribution is -2.28. The topological polar surface area (TPSA) is 68.5 Å². The maximum absolute atomic E-state index is 12.3. The van der Waals surface area contributed by atoms with E-state index in [1.54, 1.807) is 32.2 Å². The maximum Gasteiger partial charge on any atom is 0.276 e. The molecule has 0 aliphatic heterocycles. The van der Waals surface area contributed by atoms with Crippen LogP contribution in [0.4, 0.5) is 0 Å². The molecule has 1 amide bonds. The normalized spacial score (nSPS) is 10.5. The lowest BCUT2D eigenvalue weighted by Gasteiger charge is -2.18. The summed E-state index contributed by atoms with van der Waals surface area (Å²) in [6, 6.07) is 0. The monoisotopic (exact) mass is 289 g/mol. The Balaban J connectivity index is 2.22. The Morgan fingerprint density at radius 3 is 2.62 bits per heavy atom. The smallest absolute Gasteiger partial charge is 0.276 e. The van der Waals surface area contributed by atoms with E-state index >= 15 is 0 Å². The summed E-state index contributed by atoms with van der Waals surface area (Å²) in [5.41, 5.74) is 3.04. The van der Waals surface area contributed by atoms with Crippen molar-refractivity contribution in [2.45, 2.75) is 27.3 Å². The summed E-state index contributed by atoms with van der Waals surface area (Å²) in [7, 11) is 3.34. The first kappa shape index (κ1) is 15.0. The van der Waals surface area contributed by atoms with Gasteiger partial charge in [-0.2, -0.15) is 0 Å². The Bertz CT molecular complexity index is 664. The number of amides is 1. The van der Waals surface area contributed by atoms with Gasteiger partial charge in [-0.1, -0.05) is 0 Å². The standard InChI is InChI=1S/C15H19N3O3/c1-9-6-16-12(10(2)14(9)20-5)7-18(4)15(19)13-11(3)21-8-17-13/h6,8H,7H2,1-5H3. The van der Waals surface area contributed by atoms with Crippen LogP contribution < -0.4 is 4.74 Å². The molecule has 6 heteroatoms. The molecule has 0 N–H and O–H groups in total. The van der Waals surface area contributed by atoms with Gasteiger partial charge in [0.15, 0.2) is 12.1 Å². The highest BCUT2D eigenvalue weighted by molar-refractivity contribution is 5.92. The molecule has 2 aromatic heterocycles. The zero-order valence-corrected chi connectivity index (χ0v) is 12.9. The maximum atomic E-state index is 12.3. The van der Waals surface area contributed by atoms with Gasteiger partial charge < -0.3 is 14.1 Å². The second kappa shape index (κ2) is 5.95. The molecule has 0 aliphatic rings. The van der Waals surface area contributed by atoms with Gasteiger partial charge in [-0.25, -0.2) is 4.98 Å². The molecule has 0 saturated heterocycles. The Labute approximate surface area is 123 Å². The fourth-order valence-corrected chi connectivity index (χ4v) is 2.22. The van der Waals surface area contributed by atoms with Crippen LogP contribution in [0.25, 0.3) is 0 Å². The summed E-state index contributed by atoms with van der Waals surface area (Å²) in [5.74, 6) is 1.12. The fourth-order valence-electron chi connectivity index (χ4n) is 2.22. The van der Waals surface area contributed by atoms with E-state index in [2.05, 4.69) is 9.97 Å². The molecule has 0 fully saturated rings. The van der Waals surface area contributed by atoms with Crippen LogP contribution in [-0.4, -0.2) is 34.9 Å². The summed E-state index contributed by atoms with van der Waals surface area (Å²) >= 11 is 0. The van der Waals surface area contributed by atoms with Crippen molar-refractivity contribution in [2.75, 3.05) is 14.2 Å². The third kappa shape index (κ3) is 2.89. The molecule has 0 bridgehead atoms. The van der Waals surface area contributed by atoms with E-state index in [1.165, 1.54) is 6.39 Å². The van der Waals surface area contributed by atoms with Gasteiger partial charge in [0.2, 0.25) is 0 Å². The molecule has 2 heterocycles. The molecule has 2 rings (SSSR count). The van der Waals surface area contributed by atoms with Crippen LogP contribution in [0.1, 0.15) is 33.1 Å². The Hall–Kier alpha value is -2.37. The second-order valence-corrected chi connectivity index (χ2v) is 4.96. The quantitative estimate of drug-likeness (QED) is 0.863. The summed E-state index contributed by atoms with van der Waals surface area (Å²) < 4.78 is 10.4. The largest absolute Gasteiger partial charge is 0.496 e. The number of hydrogen-bond donors (Lipinski definition) is 0. The third-order valence-electron chi connectivity index (χ3n) is 3.43. The van der Waals surface area contributed by atoms with Crippen LogP contribution in [0.2, 0.25) is 0 Å². The number of aryl methyl sites for hydroxylation is 2. The molecule has 2 aromatic rings. The number of rotatable bonds is 4. The predicted molar refractivity (Wildman–Crippen MR) is 77.3 cm³/mol. The molecule has 112 valence electrons. The minimum Gasteiger partial charge on any atom is -0.496 e. The Morgan fingerprint density at radius 2 is 2.05 bits per heavy atom. The lowest BCUT2D eigenvalue weighted by atomic mass is 10.1. The van der Waals surface area contributed by atoms with Crippen molar-refractivity contribution >= 4 is 5.91 Å². The Kier molecular flexibility index (Phi) is 4.26. The molecule has 21 heavy (non-hydrogen) atoms. The van der Waals surface area contributed by atoms with Gasteiger partial charge in [0, 0.05) is 24.4 Å². The van der Waals surface area contributed by atoms with Gasteiger partial charge in [0.1, 0.15) is 11.5 Å². The minimum absolute atomic E-state index is 0.193. The summed E-state index contributed by atoms with van der Waals surface area (Å²) in [4.78, 5) is 22.2. The minimum atomic E-state index is -0.193. The van der Waals surface area contributed by atoms with Crippen molar-refractivity contribution in [3.05, 3.63) is 40.9 Å². The zero-order chi connectivity index (χ0) is 15.6. The number of carbonyl (C=O) groups is 1. The van der Waals surface area contributed by atoms with Gasteiger partial charge in [-0.3, -0.25) is 9.78 Å². The van der Waals surface area contributed by atoms with E-state index in [0.717, 1.165) is 22.6 Å². The summed E-state index contributed by atoms with van der Waals surface area (Å²) in [6.07, 6.45) is 3.02. The number of nitrogens with zero attached hydrogens (tertiary/aromatic N) is 3. The van der Waals surface area contributed by atoms with Gasteiger partial charge >= 0.3 is 0 Å². The number of pyridine rings is 1. The van der Waals surface area contributed by atoms with Gasteiger partial charge in [0.05, 0.1) is 19.3 Å². The van der Waals surface area contributed by atoms with Gasteiger partial charge in [-0.05, 0) is 20.8 Å². The predicted octanol–water partition coefficient (Wildman–Crippen LogP) is 2.28. The zero-order valence-electron chi connectivity index (χ0n) is 12.9. The number of methoxy groups -OCH3 is 1. The van der Waals surface area contributed by atoms with Crippen LogP contribution in [-0.2, 0) is 6.54 Å². The van der Waals surface area contributed by atoms with Gasteiger partial charge in [-0.15, -0.1) is 0 Å². The van der Waals surface area contributed by atoms with E-state index in [1.807, 2.05) is 13.8 Å². The number of ether oxygens (including phenoxy) is 1. The average molecular weight is 289 g/mol. The van der Waals surface area contributed by atoms with Crippen LogP contribution in [0.3, 0.4) is 0 Å². The average Bonchev–Trinajstić information content (AvgIpc) is 2.88. The Morgan fingerprint density at radius 1 is 1.33 bits per heavy atom. The highest BCUT2D eigenvalue weighted by Gasteiger charge is 2.20. The SMILES string of the molecule is COc1c(C)cnc(CN(C)C(=O)c2ncoc2C)c1C. The number of oxazole rings is 1. The molecular formula is C15H19N3O3. The van der Waals surface area contributed by atoms with Crippen molar-refractivity contribution in [2.24, 2.45) is 0 Å². The van der Waals surface area contributed by atoms with Crippen molar-refractivity contribution in [1.29, 1.82) is 0 Å². The van der Waals surface area contributed by atoms with Crippen LogP contribution in [0.15, 0.2) is 17.0 Å². The lowest BCUT2D eigenvalue weighted by molar-refractivity contribution is 0.0776. The van der Waals surface area contributed by atoms with E-state index in [9.17, 15) is 4.79 Å². The first-order chi connectivity index (χ1) is 9.95. The molecule has 6 nitrogen and oxygen atoms in total. The van der Waals surface area contributed by atoms with Gasteiger partial charge in [0.25, 0.3) is 5.91 Å². The van der Waals surface area contributed by atoms with Crippen molar-refractivity contribution < 1.29 is 13.9 Å². The molecule has 0 saturated carbocycles. The molecule has 0 aromatic carbocycles. The number of carbonyl (C=O) groups excluding carboxylic acids is 1. The number of hydrogen-bond acceptors (Lipinski definition) is 5. The molecule has 0 aliphatic carbocycles. The van der Waals surface area contributed by atoms with E-state index < -0.39 is 0 Å². The summed E-state index contributed by atoms with van der Waals surface area (Å²) in [5, 5.41) is 0. The first-order valence-electron chi connectivity index (χ1n) is 6.60. The number of aromatic nitrogens is 2. The third-order valence-corrected chi connectivity index (χ3v) is 3.43. The highest BCUT2D eigenvalue weighted by Crippen LogP contribution is 2.24. The van der Waals surface area contributed by atoms with Crippen molar-refractivity contribution in [3.63, 3.8) is 0 Å². The molecular weight excluding hydrogens is 270 g/mol. The second-order valence-electron chi connectivity index (χ2n) is 4.96. The van der Waals surface area contributed by atoms with Crippen molar-refractivity contribution in [1.82, 2.24) is 14.9 Å². The fraction of sp³-hybridized carbons (Fsp3) is 0.400. The van der Waals surface area contributed by atoms with Crippen LogP contribution in [0, 0.1) is 20.8 Å². The van der Waals surface area contributed by atoms with Crippen LogP contribution >= 0.6 is 0 Å². The van der Waals surface area contributed by atoms with E-state index in [4.69, 9.17) is 9.15 Å². The molecule has 0 spiro atoms. The molecule has 0 atom stereocenters. The first-order valence-corrected chi connectivity index (χ1v) is 6.60. The highest BCUT2D eigenvalue weighted by atomic mass is 16.5. The van der Waals surface area contributed by atoms with Crippen LogP contribution in [0.5, 0.6) is 5.75 Å². The van der Waals surface area contributed by atoms with E-state index in [-0.39, 0.29) is 5.91 Å². The van der Waals surface area contributed by atoms with E-state index in [0.29, 0.717) is 18.0 Å². The summed E-state index contributed by atoms with van der Waals surface area (Å²) in [6.45, 7) is 5.98. The molecule has 0 radical (unpaired) electrons. The van der Waals surface area contributed by atoms with Crippen molar-refractivity contribution in [3.8, 4) is 5.75 Å². The molecule has 0 unspecified atom stereocenters.